The van der Waals surface area contributed by atoms with Crippen molar-refractivity contribution in [3.63, 3.8) is 0 Å². The van der Waals surface area contributed by atoms with Gasteiger partial charge in [0.05, 0.1) is 20.8 Å². The topological polar surface area (TPSA) is 56.1 Å². The number of benzene rings is 5. The molecule has 2 heterocycles. The van der Waals surface area contributed by atoms with Gasteiger partial charge < -0.3 is 4.57 Å². The van der Waals surface area contributed by atoms with Gasteiger partial charge in [0, 0.05) is 27.6 Å². The Bertz CT molecular complexity index is 1930. The largest absolute Gasteiger partial charge is 0.309 e. The van der Waals surface area contributed by atoms with Gasteiger partial charge in [0.2, 0.25) is 9.84 Å². The maximum absolute atomic E-state index is 13.3. The first-order chi connectivity index (χ1) is 17.5. The van der Waals surface area contributed by atoms with Crippen molar-refractivity contribution < 1.29 is 13.2 Å². The number of fused-ring (bicyclic) bond motifs is 5. The molecule has 1 aliphatic rings. The maximum atomic E-state index is 13.3. The third-order valence-corrected chi connectivity index (χ3v) is 8.82. The lowest BCUT2D eigenvalue weighted by molar-refractivity contribution is 0.103. The molecule has 0 atom stereocenters. The van der Waals surface area contributed by atoms with E-state index in [-0.39, 0.29) is 26.7 Å². The summed E-state index contributed by atoms with van der Waals surface area (Å²) in [6, 6.07) is 36.2. The zero-order valence-corrected chi connectivity index (χ0v) is 19.9. The fourth-order valence-electron chi connectivity index (χ4n) is 5.30. The van der Waals surface area contributed by atoms with Crippen LogP contribution >= 0.6 is 0 Å². The summed E-state index contributed by atoms with van der Waals surface area (Å²) in [6.45, 7) is 0. The smallest absolute Gasteiger partial charge is 0.208 e. The highest BCUT2D eigenvalue weighted by molar-refractivity contribution is 7.91. The summed E-state index contributed by atoms with van der Waals surface area (Å²) < 4.78 is 28.6. The molecule has 0 aliphatic carbocycles. The first-order valence-electron chi connectivity index (χ1n) is 11.7. The van der Waals surface area contributed by atoms with Crippen LogP contribution in [0.5, 0.6) is 0 Å². The van der Waals surface area contributed by atoms with Gasteiger partial charge in [0.1, 0.15) is 0 Å². The summed E-state index contributed by atoms with van der Waals surface area (Å²) in [6.07, 6.45) is 0. The molecular formula is C31H19NO3S. The highest BCUT2D eigenvalue weighted by Crippen LogP contribution is 2.37. The highest BCUT2D eigenvalue weighted by atomic mass is 32.2. The predicted octanol–water partition coefficient (Wildman–Crippen LogP) is 6.83. The van der Waals surface area contributed by atoms with Crippen LogP contribution in [0.3, 0.4) is 0 Å². The van der Waals surface area contributed by atoms with Gasteiger partial charge in [0.15, 0.2) is 5.78 Å². The number of hydrogen-bond acceptors (Lipinski definition) is 3. The third-order valence-electron chi connectivity index (χ3n) is 6.95. The molecule has 6 aromatic rings. The number of carbonyl (C=O) groups excluding carboxylic acids is 1. The van der Waals surface area contributed by atoms with Crippen molar-refractivity contribution >= 4 is 37.4 Å². The van der Waals surface area contributed by atoms with Crippen molar-refractivity contribution in [3.05, 3.63) is 126 Å². The molecule has 7 rings (SSSR count). The van der Waals surface area contributed by atoms with E-state index in [1.807, 2.05) is 36.4 Å². The number of aromatic nitrogens is 1. The minimum absolute atomic E-state index is 0.0634. The second kappa shape index (κ2) is 7.51. The molecule has 0 N–H and O–H groups in total. The van der Waals surface area contributed by atoms with Gasteiger partial charge in [0.25, 0.3) is 0 Å². The lowest BCUT2D eigenvalue weighted by Gasteiger charge is -2.19. The predicted molar refractivity (Wildman–Crippen MR) is 142 cm³/mol. The van der Waals surface area contributed by atoms with Gasteiger partial charge in [-0.25, -0.2) is 8.42 Å². The number of sulfone groups is 1. The van der Waals surface area contributed by atoms with Crippen LogP contribution in [0.25, 0.3) is 38.6 Å². The number of ketones is 1. The molecule has 0 bridgehead atoms. The Morgan fingerprint density at radius 3 is 1.89 bits per heavy atom. The molecule has 5 aromatic carbocycles. The number of nitrogens with zero attached hydrogens (tertiary/aromatic N) is 1. The van der Waals surface area contributed by atoms with Crippen molar-refractivity contribution in [2.75, 3.05) is 0 Å². The second-order valence-corrected chi connectivity index (χ2v) is 10.8. The van der Waals surface area contributed by atoms with E-state index >= 15 is 0 Å². The number of rotatable bonds is 2. The van der Waals surface area contributed by atoms with E-state index in [4.69, 9.17) is 0 Å². The van der Waals surface area contributed by atoms with Crippen LogP contribution in [0.1, 0.15) is 15.9 Å². The van der Waals surface area contributed by atoms with Crippen LogP contribution in [0.15, 0.2) is 125 Å². The van der Waals surface area contributed by atoms with Gasteiger partial charge in [-0.3, -0.25) is 4.79 Å². The van der Waals surface area contributed by atoms with Gasteiger partial charge in [-0.2, -0.15) is 0 Å². The summed E-state index contributed by atoms with van der Waals surface area (Å²) in [5.41, 5.74) is 5.35. The molecule has 0 amide bonds. The Hall–Kier alpha value is -4.48. The van der Waals surface area contributed by atoms with Crippen LogP contribution in [-0.4, -0.2) is 18.8 Å². The molecule has 0 fully saturated rings. The lowest BCUT2D eigenvalue weighted by atomic mass is 9.97. The van der Waals surface area contributed by atoms with Crippen LogP contribution < -0.4 is 0 Å². The first-order valence-corrected chi connectivity index (χ1v) is 13.1. The van der Waals surface area contributed by atoms with Gasteiger partial charge in [-0.05, 0) is 59.7 Å². The second-order valence-electron chi connectivity index (χ2n) is 8.96. The fraction of sp³-hybridized carbons (Fsp3) is 0. The van der Waals surface area contributed by atoms with E-state index in [0.29, 0.717) is 0 Å². The summed E-state index contributed by atoms with van der Waals surface area (Å²) in [7, 11) is -3.75. The Balaban J connectivity index is 1.41. The molecule has 0 saturated carbocycles. The van der Waals surface area contributed by atoms with Crippen molar-refractivity contribution in [1.29, 1.82) is 0 Å². The van der Waals surface area contributed by atoms with E-state index < -0.39 is 9.84 Å². The van der Waals surface area contributed by atoms with Crippen LogP contribution in [0, 0.1) is 0 Å². The first kappa shape index (κ1) is 20.9. The third kappa shape index (κ3) is 2.87. The molecular weight excluding hydrogens is 466 g/mol. The Labute approximate surface area is 208 Å². The summed E-state index contributed by atoms with van der Waals surface area (Å²) in [5, 5.41) is 2.36. The molecule has 0 saturated heterocycles. The minimum Gasteiger partial charge on any atom is -0.309 e. The molecule has 172 valence electrons. The van der Waals surface area contributed by atoms with E-state index in [1.165, 1.54) is 16.8 Å². The van der Waals surface area contributed by atoms with Crippen molar-refractivity contribution in [3.8, 4) is 16.8 Å². The van der Waals surface area contributed by atoms with E-state index in [1.54, 1.807) is 36.4 Å². The van der Waals surface area contributed by atoms with Crippen molar-refractivity contribution in [2.45, 2.75) is 9.79 Å². The lowest BCUT2D eigenvalue weighted by Crippen LogP contribution is -2.20. The molecule has 36 heavy (non-hydrogen) atoms. The standard InChI is InChI=1S/C31H19NO3S/c33-31-25-12-3-6-15-29(25)36(34,35)30-17-16-21(19-26(30)31)20-8-7-9-22(18-20)32-27-13-4-1-10-23(27)24-11-2-5-14-28(24)32/h1-19H. The number of carbonyl (C=O) groups is 1. The Kier molecular flexibility index (Phi) is 4.35. The monoisotopic (exact) mass is 485 g/mol. The zero-order chi connectivity index (χ0) is 24.4. The minimum atomic E-state index is -3.75. The fourth-order valence-corrected chi connectivity index (χ4v) is 6.93. The summed E-state index contributed by atoms with van der Waals surface area (Å²) >= 11 is 0. The molecule has 0 radical (unpaired) electrons. The molecule has 1 aromatic heterocycles. The van der Waals surface area contributed by atoms with Crippen LogP contribution in [0.4, 0.5) is 0 Å². The molecule has 4 nitrogen and oxygen atoms in total. The van der Waals surface area contributed by atoms with E-state index in [9.17, 15) is 13.2 Å². The quantitative estimate of drug-likeness (QED) is 0.270. The van der Waals surface area contributed by atoms with Gasteiger partial charge in [-0.15, -0.1) is 0 Å². The average molecular weight is 486 g/mol. The molecule has 1 aliphatic heterocycles. The summed E-state index contributed by atoms with van der Waals surface area (Å²) in [4.78, 5) is 13.4. The Morgan fingerprint density at radius 1 is 0.528 bits per heavy atom. The summed E-state index contributed by atoms with van der Waals surface area (Å²) in [5.74, 6) is -0.268. The zero-order valence-electron chi connectivity index (χ0n) is 19.0. The van der Waals surface area contributed by atoms with Crippen LogP contribution in [-0.2, 0) is 9.84 Å². The van der Waals surface area contributed by atoms with Gasteiger partial charge >= 0.3 is 0 Å². The van der Waals surface area contributed by atoms with Crippen molar-refractivity contribution in [1.82, 2.24) is 4.57 Å². The van der Waals surface area contributed by atoms with Crippen LogP contribution in [0.2, 0.25) is 0 Å². The van der Waals surface area contributed by atoms with E-state index in [0.717, 1.165) is 27.8 Å². The van der Waals surface area contributed by atoms with Crippen molar-refractivity contribution in [2.24, 2.45) is 0 Å². The average Bonchev–Trinajstić information content (AvgIpc) is 3.26. The Morgan fingerprint density at radius 2 is 1.14 bits per heavy atom. The van der Waals surface area contributed by atoms with Gasteiger partial charge in [-0.1, -0.05) is 66.7 Å². The normalized spacial score (nSPS) is 14.1. The number of hydrogen-bond donors (Lipinski definition) is 0. The van der Waals surface area contributed by atoms with E-state index in [2.05, 4.69) is 41.0 Å². The maximum Gasteiger partial charge on any atom is 0.208 e. The number of para-hydroxylation sites is 2. The molecule has 5 heteroatoms. The molecule has 0 unspecified atom stereocenters. The SMILES string of the molecule is O=C1c2ccccc2S(=O)(=O)c2ccc(-c3cccc(-n4c5ccccc5c5ccccc54)c3)cc21. The highest BCUT2D eigenvalue weighted by Gasteiger charge is 2.34. The molecule has 0 spiro atoms.